The molecule has 4 rings (SSSR count). The molecule has 33 heavy (non-hydrogen) atoms. The predicted molar refractivity (Wildman–Crippen MR) is 127 cm³/mol. The Kier molecular flexibility index (Phi) is 7.14. The van der Waals surface area contributed by atoms with Crippen LogP contribution in [0.1, 0.15) is 46.3 Å². The molecule has 2 aromatic carbocycles. The van der Waals surface area contributed by atoms with Crippen LogP contribution < -0.4 is 5.32 Å². The van der Waals surface area contributed by atoms with Crippen molar-refractivity contribution in [3.63, 3.8) is 0 Å². The highest BCUT2D eigenvalue weighted by Crippen LogP contribution is 2.26. The Morgan fingerprint density at radius 3 is 2.39 bits per heavy atom. The summed E-state index contributed by atoms with van der Waals surface area (Å²) in [5, 5.41) is 2.78. The largest absolute Gasteiger partial charge is 0.352 e. The van der Waals surface area contributed by atoms with Crippen molar-refractivity contribution in [1.29, 1.82) is 0 Å². The maximum absolute atomic E-state index is 13.1. The lowest BCUT2D eigenvalue weighted by atomic mass is 9.92. The number of hydrogen-bond acceptors (Lipinski definition) is 4. The van der Waals surface area contributed by atoms with E-state index >= 15 is 0 Å². The maximum atomic E-state index is 13.1. The first-order valence-electron chi connectivity index (χ1n) is 11.6. The SMILES string of the molecule is Cc1cccc(C(=O)NCCC(=O)N2CCN(S(=O)(=O)c3ccc4c(c3)CCCC4)CC2)c1. The average molecular weight is 470 g/mol. The Bertz CT molecular complexity index is 1140. The van der Waals surface area contributed by atoms with Crippen LogP contribution in [0, 0.1) is 6.92 Å². The molecule has 0 radical (unpaired) electrons. The number of benzene rings is 2. The number of amides is 2. The van der Waals surface area contributed by atoms with E-state index in [4.69, 9.17) is 0 Å². The number of fused-ring (bicyclic) bond motifs is 1. The lowest BCUT2D eigenvalue weighted by Crippen LogP contribution is -2.50. The van der Waals surface area contributed by atoms with E-state index in [1.807, 2.05) is 31.2 Å². The van der Waals surface area contributed by atoms with E-state index in [9.17, 15) is 18.0 Å². The summed E-state index contributed by atoms with van der Waals surface area (Å²) < 4.78 is 27.7. The highest BCUT2D eigenvalue weighted by Gasteiger charge is 2.30. The Hall–Kier alpha value is -2.71. The van der Waals surface area contributed by atoms with Crippen molar-refractivity contribution in [2.45, 2.75) is 43.9 Å². The molecule has 2 amide bonds. The first kappa shape index (κ1) is 23.4. The first-order chi connectivity index (χ1) is 15.8. The van der Waals surface area contributed by atoms with E-state index in [1.54, 1.807) is 23.1 Å². The van der Waals surface area contributed by atoms with Gasteiger partial charge in [-0.25, -0.2) is 8.42 Å². The quantitative estimate of drug-likeness (QED) is 0.704. The standard InChI is InChI=1S/C25H31N3O4S/c1-19-5-4-8-22(17-19)25(30)26-12-11-24(29)27-13-15-28(16-14-27)33(31,32)23-10-9-20-6-2-3-7-21(20)18-23/h4-5,8-10,17-18H,2-3,6-7,11-16H2,1H3,(H,26,30). The minimum absolute atomic E-state index is 0.0784. The van der Waals surface area contributed by atoms with Crippen LogP contribution in [0.2, 0.25) is 0 Å². The van der Waals surface area contributed by atoms with Crippen molar-refractivity contribution in [3.05, 3.63) is 64.7 Å². The van der Waals surface area contributed by atoms with Crippen molar-refractivity contribution in [2.24, 2.45) is 0 Å². The normalized spacial score (nSPS) is 16.8. The molecule has 2 aliphatic rings. The maximum Gasteiger partial charge on any atom is 0.251 e. The fourth-order valence-corrected chi connectivity index (χ4v) is 6.00. The van der Waals surface area contributed by atoms with E-state index in [0.29, 0.717) is 23.5 Å². The molecule has 0 aromatic heterocycles. The molecule has 1 aliphatic carbocycles. The lowest BCUT2D eigenvalue weighted by Gasteiger charge is -2.34. The molecule has 8 heteroatoms. The van der Waals surface area contributed by atoms with Gasteiger partial charge in [0.15, 0.2) is 0 Å². The van der Waals surface area contributed by atoms with Crippen LogP contribution in [0.3, 0.4) is 0 Å². The first-order valence-corrected chi connectivity index (χ1v) is 13.0. The van der Waals surface area contributed by atoms with Crippen molar-refractivity contribution in [3.8, 4) is 0 Å². The van der Waals surface area contributed by atoms with Crippen LogP contribution in [0.4, 0.5) is 0 Å². The Morgan fingerprint density at radius 1 is 0.939 bits per heavy atom. The molecule has 2 aromatic rings. The fourth-order valence-electron chi connectivity index (χ4n) is 4.53. The summed E-state index contributed by atoms with van der Waals surface area (Å²) in [6, 6.07) is 12.8. The Balaban J connectivity index is 1.27. The molecule has 1 heterocycles. The number of rotatable bonds is 6. The van der Waals surface area contributed by atoms with Gasteiger partial charge in [0, 0.05) is 44.7 Å². The van der Waals surface area contributed by atoms with Gasteiger partial charge in [-0.05, 0) is 68.0 Å². The number of nitrogens with one attached hydrogen (secondary N) is 1. The van der Waals surface area contributed by atoms with Crippen molar-refractivity contribution >= 4 is 21.8 Å². The highest BCUT2D eigenvalue weighted by molar-refractivity contribution is 7.89. The number of piperazine rings is 1. The zero-order chi connectivity index (χ0) is 23.4. The monoisotopic (exact) mass is 469 g/mol. The second-order valence-corrected chi connectivity index (χ2v) is 10.7. The van der Waals surface area contributed by atoms with Crippen LogP contribution in [0.15, 0.2) is 47.4 Å². The number of carbonyl (C=O) groups is 2. The summed E-state index contributed by atoms with van der Waals surface area (Å²) in [5.41, 5.74) is 3.97. The molecule has 0 atom stereocenters. The number of nitrogens with zero attached hydrogens (tertiary/aromatic N) is 2. The average Bonchev–Trinajstić information content (AvgIpc) is 2.83. The minimum atomic E-state index is -3.57. The van der Waals surface area contributed by atoms with E-state index in [0.717, 1.165) is 36.8 Å². The molecular weight excluding hydrogens is 438 g/mol. The summed E-state index contributed by atoms with van der Waals surface area (Å²) in [6.07, 6.45) is 4.39. The van der Waals surface area contributed by atoms with Crippen molar-refractivity contribution in [2.75, 3.05) is 32.7 Å². The van der Waals surface area contributed by atoms with Gasteiger partial charge in [-0.2, -0.15) is 4.31 Å². The van der Waals surface area contributed by atoms with E-state index in [1.165, 1.54) is 9.87 Å². The van der Waals surface area contributed by atoms with Gasteiger partial charge < -0.3 is 10.2 Å². The fraction of sp³-hybridized carbons (Fsp3) is 0.440. The van der Waals surface area contributed by atoms with Gasteiger partial charge >= 0.3 is 0 Å². The number of hydrogen-bond donors (Lipinski definition) is 1. The van der Waals surface area contributed by atoms with E-state index in [-0.39, 0.29) is 37.9 Å². The second-order valence-electron chi connectivity index (χ2n) is 8.80. The van der Waals surface area contributed by atoms with Gasteiger partial charge in [-0.3, -0.25) is 9.59 Å². The van der Waals surface area contributed by atoms with E-state index < -0.39 is 10.0 Å². The third-order valence-electron chi connectivity index (χ3n) is 6.45. The molecule has 0 unspecified atom stereocenters. The summed E-state index contributed by atoms with van der Waals surface area (Å²) in [5.74, 6) is -0.280. The zero-order valence-electron chi connectivity index (χ0n) is 19.0. The molecule has 1 fully saturated rings. The van der Waals surface area contributed by atoms with Crippen LogP contribution in [-0.4, -0.2) is 62.2 Å². The zero-order valence-corrected chi connectivity index (χ0v) is 19.9. The molecule has 176 valence electrons. The van der Waals surface area contributed by atoms with Crippen molar-refractivity contribution < 1.29 is 18.0 Å². The molecule has 1 saturated heterocycles. The molecule has 0 saturated carbocycles. The smallest absolute Gasteiger partial charge is 0.251 e. The second kappa shape index (κ2) is 10.1. The Labute approximate surface area is 195 Å². The summed E-state index contributed by atoms with van der Waals surface area (Å²) in [4.78, 5) is 26.8. The number of sulfonamides is 1. The number of carbonyl (C=O) groups excluding carboxylic acids is 2. The lowest BCUT2D eigenvalue weighted by molar-refractivity contribution is -0.132. The third kappa shape index (κ3) is 5.45. The predicted octanol–water partition coefficient (Wildman–Crippen LogP) is 2.53. The van der Waals surface area contributed by atoms with Gasteiger partial charge in [0.25, 0.3) is 5.91 Å². The molecule has 0 spiro atoms. The van der Waals surface area contributed by atoms with Gasteiger partial charge in [0.2, 0.25) is 15.9 Å². The van der Waals surface area contributed by atoms with Crippen molar-refractivity contribution in [1.82, 2.24) is 14.5 Å². The third-order valence-corrected chi connectivity index (χ3v) is 8.35. The Morgan fingerprint density at radius 2 is 1.67 bits per heavy atom. The molecule has 7 nitrogen and oxygen atoms in total. The van der Waals surface area contributed by atoms with Gasteiger partial charge in [0.1, 0.15) is 0 Å². The van der Waals surface area contributed by atoms with Crippen LogP contribution in [0.25, 0.3) is 0 Å². The number of aryl methyl sites for hydroxylation is 3. The minimum Gasteiger partial charge on any atom is -0.352 e. The molecule has 0 bridgehead atoms. The van der Waals surface area contributed by atoms with Gasteiger partial charge in [-0.15, -0.1) is 0 Å². The van der Waals surface area contributed by atoms with Crippen LogP contribution >= 0.6 is 0 Å². The van der Waals surface area contributed by atoms with Crippen LogP contribution in [-0.2, 0) is 27.7 Å². The van der Waals surface area contributed by atoms with Crippen LogP contribution in [0.5, 0.6) is 0 Å². The topological polar surface area (TPSA) is 86.8 Å². The summed E-state index contributed by atoms with van der Waals surface area (Å²) in [6.45, 7) is 3.44. The molecular formula is C25H31N3O4S. The van der Waals surface area contributed by atoms with E-state index in [2.05, 4.69) is 5.32 Å². The summed E-state index contributed by atoms with van der Waals surface area (Å²) in [7, 11) is -3.57. The van der Waals surface area contributed by atoms with Gasteiger partial charge in [-0.1, -0.05) is 23.8 Å². The molecule has 1 aliphatic heterocycles. The highest BCUT2D eigenvalue weighted by atomic mass is 32.2. The van der Waals surface area contributed by atoms with Gasteiger partial charge in [0.05, 0.1) is 4.90 Å². The summed E-state index contributed by atoms with van der Waals surface area (Å²) >= 11 is 0. The molecule has 1 N–H and O–H groups in total.